The van der Waals surface area contributed by atoms with Gasteiger partial charge in [-0.15, -0.1) is 0 Å². The number of hydrogen-bond acceptors (Lipinski definition) is 3. The molecule has 0 aliphatic carbocycles. The van der Waals surface area contributed by atoms with Crippen molar-refractivity contribution < 1.29 is 19.5 Å². The first-order valence-electron chi connectivity index (χ1n) is 6.28. The van der Waals surface area contributed by atoms with Crippen molar-refractivity contribution in [1.29, 1.82) is 0 Å². The Morgan fingerprint density at radius 1 is 1.16 bits per heavy atom. The summed E-state index contributed by atoms with van der Waals surface area (Å²) < 4.78 is 0. The highest BCUT2D eigenvalue weighted by Crippen LogP contribution is 2.14. The van der Waals surface area contributed by atoms with Gasteiger partial charge in [0.2, 0.25) is 5.91 Å². The van der Waals surface area contributed by atoms with Crippen LogP contribution >= 0.6 is 0 Å². The molecule has 110 valence electrons. The summed E-state index contributed by atoms with van der Waals surface area (Å²) in [4.78, 5) is 35.5. The minimum absolute atomic E-state index is 0.101. The molecule has 0 aromatic rings. The van der Waals surface area contributed by atoms with Gasteiger partial charge in [-0.3, -0.25) is 4.79 Å². The molecule has 0 unspecified atom stereocenters. The summed E-state index contributed by atoms with van der Waals surface area (Å²) in [5, 5.41) is 14.1. The molecule has 0 aromatic heterocycles. The predicted molar refractivity (Wildman–Crippen MR) is 70.8 cm³/mol. The SMILES string of the molecule is CCC(CC)(NC(=O)NCCC(=O)N(C)C)C(=O)O. The Labute approximate surface area is 113 Å². The van der Waals surface area contributed by atoms with E-state index in [1.165, 1.54) is 4.90 Å². The minimum Gasteiger partial charge on any atom is -0.480 e. The molecule has 19 heavy (non-hydrogen) atoms. The lowest BCUT2D eigenvalue weighted by Gasteiger charge is -2.28. The summed E-state index contributed by atoms with van der Waals surface area (Å²) in [5.41, 5.74) is -1.25. The van der Waals surface area contributed by atoms with Crippen molar-refractivity contribution in [3.8, 4) is 0 Å². The Bertz CT molecular complexity index is 338. The van der Waals surface area contributed by atoms with Gasteiger partial charge in [-0.05, 0) is 12.8 Å². The third kappa shape index (κ3) is 5.15. The van der Waals surface area contributed by atoms with Crippen LogP contribution in [0.2, 0.25) is 0 Å². The first-order valence-corrected chi connectivity index (χ1v) is 6.28. The molecule has 0 aliphatic heterocycles. The van der Waals surface area contributed by atoms with Gasteiger partial charge in [0.15, 0.2) is 0 Å². The highest BCUT2D eigenvalue weighted by atomic mass is 16.4. The highest BCUT2D eigenvalue weighted by molar-refractivity contribution is 5.86. The van der Waals surface area contributed by atoms with Crippen LogP contribution in [-0.4, -0.2) is 54.1 Å². The van der Waals surface area contributed by atoms with Gasteiger partial charge in [-0.25, -0.2) is 9.59 Å². The molecule has 0 saturated heterocycles. The van der Waals surface area contributed by atoms with Gasteiger partial charge in [0.05, 0.1) is 0 Å². The van der Waals surface area contributed by atoms with Crippen LogP contribution in [0.4, 0.5) is 4.79 Å². The summed E-state index contributed by atoms with van der Waals surface area (Å²) in [5.74, 6) is -1.16. The zero-order chi connectivity index (χ0) is 15.1. The molecule has 0 radical (unpaired) electrons. The molecule has 3 N–H and O–H groups in total. The molecule has 0 spiro atoms. The Kier molecular flexibility index (Phi) is 6.89. The molecule has 0 aliphatic rings. The molecule has 0 bridgehead atoms. The van der Waals surface area contributed by atoms with E-state index in [0.29, 0.717) is 12.8 Å². The molecule has 0 atom stereocenters. The molecule has 0 rings (SSSR count). The molecule has 0 saturated carbocycles. The van der Waals surface area contributed by atoms with Crippen molar-refractivity contribution in [2.45, 2.75) is 38.6 Å². The van der Waals surface area contributed by atoms with Crippen LogP contribution in [0.15, 0.2) is 0 Å². The van der Waals surface area contributed by atoms with Gasteiger partial charge in [0.1, 0.15) is 5.54 Å². The van der Waals surface area contributed by atoms with Crippen molar-refractivity contribution in [3.05, 3.63) is 0 Å². The maximum absolute atomic E-state index is 11.6. The summed E-state index contributed by atoms with van der Waals surface area (Å²) in [6.07, 6.45) is 0.768. The number of nitrogens with zero attached hydrogens (tertiary/aromatic N) is 1. The fourth-order valence-electron chi connectivity index (χ4n) is 1.55. The van der Waals surface area contributed by atoms with Gasteiger partial charge in [0.25, 0.3) is 0 Å². The van der Waals surface area contributed by atoms with Gasteiger partial charge in [0, 0.05) is 27.1 Å². The van der Waals surface area contributed by atoms with Crippen LogP contribution in [0.5, 0.6) is 0 Å². The summed E-state index contributed by atoms with van der Waals surface area (Å²) in [6, 6.07) is -0.572. The second-order valence-corrected chi connectivity index (χ2v) is 4.51. The van der Waals surface area contributed by atoms with Crippen LogP contribution in [0.1, 0.15) is 33.1 Å². The molecule has 0 fully saturated rings. The molecule has 0 heterocycles. The Morgan fingerprint density at radius 3 is 2.05 bits per heavy atom. The van der Waals surface area contributed by atoms with Gasteiger partial charge in [-0.2, -0.15) is 0 Å². The van der Waals surface area contributed by atoms with Crippen LogP contribution in [-0.2, 0) is 9.59 Å². The Hall–Kier alpha value is -1.79. The number of carboxylic acid groups (broad SMARTS) is 1. The first-order chi connectivity index (χ1) is 8.79. The maximum atomic E-state index is 11.6. The lowest BCUT2D eigenvalue weighted by molar-refractivity contribution is -0.144. The molecular weight excluding hydrogens is 250 g/mol. The van der Waals surface area contributed by atoms with Crippen molar-refractivity contribution in [3.63, 3.8) is 0 Å². The van der Waals surface area contributed by atoms with E-state index < -0.39 is 17.5 Å². The summed E-state index contributed by atoms with van der Waals surface area (Å²) in [7, 11) is 3.26. The van der Waals surface area contributed by atoms with E-state index in [1.54, 1.807) is 27.9 Å². The number of hydrogen-bond donors (Lipinski definition) is 3. The second kappa shape index (κ2) is 7.60. The van der Waals surface area contributed by atoms with E-state index in [4.69, 9.17) is 5.11 Å². The molecular formula is C12H23N3O4. The monoisotopic (exact) mass is 273 g/mol. The third-order valence-electron chi connectivity index (χ3n) is 3.09. The third-order valence-corrected chi connectivity index (χ3v) is 3.09. The van der Waals surface area contributed by atoms with Gasteiger partial charge < -0.3 is 20.6 Å². The quantitative estimate of drug-likeness (QED) is 0.625. The minimum atomic E-state index is -1.25. The molecule has 0 aromatic carbocycles. The number of rotatable bonds is 7. The van der Waals surface area contributed by atoms with Crippen LogP contribution in [0.3, 0.4) is 0 Å². The van der Waals surface area contributed by atoms with Crippen LogP contribution in [0, 0.1) is 0 Å². The van der Waals surface area contributed by atoms with Gasteiger partial charge >= 0.3 is 12.0 Å². The zero-order valence-corrected chi connectivity index (χ0v) is 11.9. The zero-order valence-electron chi connectivity index (χ0n) is 11.9. The van der Waals surface area contributed by atoms with Crippen molar-refractivity contribution >= 4 is 17.9 Å². The normalized spacial score (nSPS) is 10.7. The van der Waals surface area contributed by atoms with Gasteiger partial charge in [-0.1, -0.05) is 13.8 Å². The first kappa shape index (κ1) is 17.2. The number of carbonyl (C=O) groups excluding carboxylic acids is 2. The number of amides is 3. The summed E-state index contributed by atoms with van der Waals surface area (Å²) >= 11 is 0. The Balaban J connectivity index is 4.30. The van der Waals surface area contributed by atoms with E-state index >= 15 is 0 Å². The number of urea groups is 1. The van der Waals surface area contributed by atoms with Crippen molar-refractivity contribution in [1.82, 2.24) is 15.5 Å². The predicted octanol–water partition coefficient (Wildman–Crippen LogP) is 0.407. The maximum Gasteiger partial charge on any atom is 0.329 e. The fraction of sp³-hybridized carbons (Fsp3) is 0.750. The van der Waals surface area contributed by atoms with E-state index in [2.05, 4.69) is 10.6 Å². The second-order valence-electron chi connectivity index (χ2n) is 4.51. The van der Waals surface area contributed by atoms with Crippen LogP contribution < -0.4 is 10.6 Å². The standard InChI is InChI=1S/C12H23N3O4/c1-5-12(6-2,10(17)18)14-11(19)13-8-7-9(16)15(3)4/h5-8H2,1-4H3,(H,17,18)(H2,13,14,19). The fourth-order valence-corrected chi connectivity index (χ4v) is 1.55. The average Bonchev–Trinajstić information content (AvgIpc) is 2.35. The van der Waals surface area contributed by atoms with E-state index in [9.17, 15) is 14.4 Å². The average molecular weight is 273 g/mol. The van der Waals surface area contributed by atoms with Crippen molar-refractivity contribution in [2.24, 2.45) is 0 Å². The number of nitrogens with one attached hydrogen (secondary N) is 2. The molecule has 7 heteroatoms. The molecule has 3 amide bonds. The topological polar surface area (TPSA) is 98.7 Å². The number of carboxylic acids is 1. The van der Waals surface area contributed by atoms with E-state index in [1.807, 2.05) is 0 Å². The number of aliphatic carboxylic acids is 1. The summed E-state index contributed by atoms with van der Waals surface area (Å²) in [6.45, 7) is 3.58. The lowest BCUT2D eigenvalue weighted by Crippen LogP contribution is -2.56. The lowest BCUT2D eigenvalue weighted by atomic mass is 9.93. The molecule has 7 nitrogen and oxygen atoms in total. The highest BCUT2D eigenvalue weighted by Gasteiger charge is 2.36. The Morgan fingerprint density at radius 2 is 1.68 bits per heavy atom. The van der Waals surface area contributed by atoms with Crippen LogP contribution in [0.25, 0.3) is 0 Å². The van der Waals surface area contributed by atoms with Crippen molar-refractivity contribution in [2.75, 3.05) is 20.6 Å². The number of carbonyl (C=O) groups is 3. The largest absolute Gasteiger partial charge is 0.480 e. The van der Waals surface area contributed by atoms with E-state index in [-0.39, 0.29) is 18.9 Å². The van der Waals surface area contributed by atoms with E-state index in [0.717, 1.165) is 0 Å². The smallest absolute Gasteiger partial charge is 0.329 e.